The lowest BCUT2D eigenvalue weighted by Gasteiger charge is -2.27. The molecule has 1 aliphatic carbocycles. The minimum absolute atomic E-state index is 0.147. The Morgan fingerprint density at radius 1 is 1.15 bits per heavy atom. The number of hydrogen-bond acceptors (Lipinski definition) is 5. The number of sulfonamides is 1. The summed E-state index contributed by atoms with van der Waals surface area (Å²) in [4.78, 5) is 12.8. The van der Waals surface area contributed by atoms with Crippen molar-refractivity contribution in [3.8, 4) is 0 Å². The van der Waals surface area contributed by atoms with Gasteiger partial charge in [-0.2, -0.15) is 0 Å². The molecule has 1 heterocycles. The van der Waals surface area contributed by atoms with Crippen LogP contribution in [0.1, 0.15) is 63.5 Å². The highest BCUT2D eigenvalue weighted by Crippen LogP contribution is 2.31. The zero-order chi connectivity index (χ0) is 23.4. The van der Waals surface area contributed by atoms with Crippen molar-refractivity contribution in [2.24, 2.45) is 5.92 Å². The number of fused-ring (bicyclic) bond motifs is 1. The zero-order valence-corrected chi connectivity index (χ0v) is 20.5. The molecule has 1 atom stereocenters. The molecule has 178 valence electrons. The fourth-order valence-electron chi connectivity index (χ4n) is 5.16. The number of carbonyl (C=O) groups is 1. The number of carbonyl (C=O) groups excluding carboxylic acids is 1. The van der Waals surface area contributed by atoms with E-state index in [1.165, 1.54) is 39.0 Å². The standard InChI is InChI=1S/C26H35N3O3S/c1-19(16-21-8-4-3-5-9-21)28-18-23-10-6-7-11-26(23)29(20(2)30)33(31,32)24-12-13-25-22(17-24)14-15-27-25/h6-7,10-13,17,19,21,27-28H,3-5,8-9,14-16,18H2,1-2H3. The molecule has 6 nitrogen and oxygen atoms in total. The van der Waals surface area contributed by atoms with E-state index in [4.69, 9.17) is 0 Å². The molecule has 1 unspecified atom stereocenters. The van der Waals surface area contributed by atoms with Crippen LogP contribution in [0.4, 0.5) is 11.4 Å². The Balaban J connectivity index is 1.55. The lowest BCUT2D eigenvalue weighted by Crippen LogP contribution is -2.37. The van der Waals surface area contributed by atoms with Crippen molar-refractivity contribution < 1.29 is 13.2 Å². The van der Waals surface area contributed by atoms with Gasteiger partial charge in [-0.05, 0) is 61.1 Å². The molecular formula is C26H35N3O3S. The zero-order valence-electron chi connectivity index (χ0n) is 19.6. The molecule has 0 spiro atoms. The van der Waals surface area contributed by atoms with Gasteiger partial charge in [-0.1, -0.05) is 50.3 Å². The second kappa shape index (κ2) is 10.3. The Labute approximate surface area is 197 Å². The first-order chi connectivity index (χ1) is 15.9. The van der Waals surface area contributed by atoms with Crippen molar-refractivity contribution in [1.29, 1.82) is 0 Å². The van der Waals surface area contributed by atoms with Crippen molar-refractivity contribution in [2.45, 2.75) is 76.3 Å². The smallest absolute Gasteiger partial charge is 0.270 e. The van der Waals surface area contributed by atoms with Crippen molar-refractivity contribution in [1.82, 2.24) is 5.32 Å². The van der Waals surface area contributed by atoms with E-state index in [2.05, 4.69) is 17.6 Å². The minimum Gasteiger partial charge on any atom is -0.384 e. The quantitative estimate of drug-likeness (QED) is 0.578. The van der Waals surface area contributed by atoms with Crippen molar-refractivity contribution >= 4 is 27.3 Å². The van der Waals surface area contributed by atoms with Gasteiger partial charge in [-0.25, -0.2) is 12.7 Å². The molecule has 2 aliphatic rings. The minimum atomic E-state index is -4.03. The number of rotatable bonds is 8. The third kappa shape index (κ3) is 5.41. The predicted molar refractivity (Wildman–Crippen MR) is 133 cm³/mol. The van der Waals surface area contributed by atoms with Gasteiger partial charge in [0.1, 0.15) is 0 Å². The molecule has 0 radical (unpaired) electrons. The Morgan fingerprint density at radius 2 is 1.91 bits per heavy atom. The molecule has 0 aromatic heterocycles. The SMILES string of the molecule is CC(=O)N(c1ccccc1CNC(C)CC1CCCCC1)S(=O)(=O)c1ccc2c(c1)CCN2. The van der Waals surface area contributed by atoms with E-state index in [0.717, 1.165) is 46.4 Å². The maximum absolute atomic E-state index is 13.6. The monoisotopic (exact) mass is 469 g/mol. The van der Waals surface area contributed by atoms with Gasteiger partial charge >= 0.3 is 0 Å². The first kappa shape index (κ1) is 23.8. The number of benzene rings is 2. The summed E-state index contributed by atoms with van der Waals surface area (Å²) < 4.78 is 28.1. The lowest BCUT2D eigenvalue weighted by molar-refractivity contribution is -0.115. The van der Waals surface area contributed by atoms with Gasteiger partial charge in [-0.3, -0.25) is 4.79 Å². The van der Waals surface area contributed by atoms with Crippen LogP contribution < -0.4 is 14.9 Å². The fourth-order valence-corrected chi connectivity index (χ4v) is 6.68. The van der Waals surface area contributed by atoms with Gasteiger partial charge in [0.25, 0.3) is 10.0 Å². The van der Waals surface area contributed by atoms with E-state index in [-0.39, 0.29) is 4.90 Å². The molecule has 1 fully saturated rings. The van der Waals surface area contributed by atoms with Crippen LogP contribution in [0.15, 0.2) is 47.4 Å². The second-order valence-corrected chi connectivity index (χ2v) is 11.2. The number of nitrogens with zero attached hydrogens (tertiary/aromatic N) is 1. The summed E-state index contributed by atoms with van der Waals surface area (Å²) in [6.07, 6.45) is 8.50. The lowest BCUT2D eigenvalue weighted by atomic mass is 9.85. The Morgan fingerprint density at radius 3 is 2.67 bits per heavy atom. The normalized spacial score (nSPS) is 17.3. The van der Waals surface area contributed by atoms with E-state index < -0.39 is 15.9 Å². The molecule has 0 bridgehead atoms. The molecular weight excluding hydrogens is 434 g/mol. The maximum atomic E-state index is 13.6. The van der Waals surface area contributed by atoms with E-state index in [9.17, 15) is 13.2 Å². The van der Waals surface area contributed by atoms with E-state index in [1.807, 2.05) is 12.1 Å². The van der Waals surface area contributed by atoms with Gasteiger partial charge in [0.05, 0.1) is 10.6 Å². The van der Waals surface area contributed by atoms with Gasteiger partial charge < -0.3 is 10.6 Å². The number of para-hydroxylation sites is 1. The molecule has 33 heavy (non-hydrogen) atoms. The Hall–Kier alpha value is -2.38. The third-order valence-electron chi connectivity index (χ3n) is 6.87. The van der Waals surface area contributed by atoms with Crippen LogP contribution in [0.3, 0.4) is 0 Å². The van der Waals surface area contributed by atoms with Crippen LogP contribution in [0.5, 0.6) is 0 Å². The topological polar surface area (TPSA) is 78.5 Å². The van der Waals surface area contributed by atoms with Crippen LogP contribution in [-0.2, 0) is 27.8 Å². The molecule has 0 saturated heterocycles. The fraction of sp³-hybridized carbons (Fsp3) is 0.500. The predicted octanol–water partition coefficient (Wildman–Crippen LogP) is 4.84. The largest absolute Gasteiger partial charge is 0.384 e. The molecule has 2 aromatic rings. The molecule has 2 N–H and O–H groups in total. The Bertz CT molecular complexity index is 1090. The van der Waals surface area contributed by atoms with Gasteiger partial charge in [0.15, 0.2) is 0 Å². The summed E-state index contributed by atoms with van der Waals surface area (Å²) >= 11 is 0. The van der Waals surface area contributed by atoms with Crippen molar-refractivity contribution in [3.63, 3.8) is 0 Å². The third-order valence-corrected chi connectivity index (χ3v) is 8.66. The highest BCUT2D eigenvalue weighted by atomic mass is 32.2. The maximum Gasteiger partial charge on any atom is 0.270 e. The summed E-state index contributed by atoms with van der Waals surface area (Å²) in [5, 5.41) is 6.81. The highest BCUT2D eigenvalue weighted by molar-refractivity contribution is 7.93. The van der Waals surface area contributed by atoms with Crippen LogP contribution in [0.25, 0.3) is 0 Å². The average molecular weight is 470 g/mol. The van der Waals surface area contributed by atoms with Crippen LogP contribution in [-0.4, -0.2) is 26.9 Å². The van der Waals surface area contributed by atoms with E-state index >= 15 is 0 Å². The van der Waals surface area contributed by atoms with Crippen LogP contribution in [0, 0.1) is 5.92 Å². The van der Waals surface area contributed by atoms with Gasteiger partial charge in [0.2, 0.25) is 5.91 Å². The molecule has 4 rings (SSSR count). The molecule has 1 amide bonds. The van der Waals surface area contributed by atoms with Crippen molar-refractivity contribution in [3.05, 3.63) is 53.6 Å². The number of amides is 1. The molecule has 2 aromatic carbocycles. The molecule has 1 saturated carbocycles. The van der Waals surface area contributed by atoms with Gasteiger partial charge in [0, 0.05) is 31.7 Å². The number of nitrogens with one attached hydrogen (secondary N) is 2. The average Bonchev–Trinajstić information content (AvgIpc) is 3.27. The molecule has 1 aliphatic heterocycles. The van der Waals surface area contributed by atoms with Crippen LogP contribution in [0.2, 0.25) is 0 Å². The number of hydrogen-bond donors (Lipinski definition) is 2. The molecule has 7 heteroatoms. The summed E-state index contributed by atoms with van der Waals surface area (Å²) in [5.74, 6) is 0.246. The number of anilines is 2. The first-order valence-corrected chi connectivity index (χ1v) is 13.5. The summed E-state index contributed by atoms with van der Waals surface area (Å²) in [6.45, 7) is 4.80. The second-order valence-electron chi connectivity index (χ2n) is 9.43. The first-order valence-electron chi connectivity index (χ1n) is 12.1. The Kier molecular flexibility index (Phi) is 7.39. The van der Waals surface area contributed by atoms with Gasteiger partial charge in [-0.15, -0.1) is 0 Å². The summed E-state index contributed by atoms with van der Waals surface area (Å²) in [5.41, 5.74) is 3.14. The van der Waals surface area contributed by atoms with E-state index in [1.54, 1.807) is 30.3 Å². The van der Waals surface area contributed by atoms with Crippen LogP contribution >= 0.6 is 0 Å². The van der Waals surface area contributed by atoms with E-state index in [0.29, 0.717) is 18.3 Å². The highest BCUT2D eigenvalue weighted by Gasteiger charge is 2.31. The summed E-state index contributed by atoms with van der Waals surface area (Å²) in [7, 11) is -4.03. The van der Waals surface area contributed by atoms with Crippen molar-refractivity contribution in [2.75, 3.05) is 16.2 Å². The summed E-state index contributed by atoms with van der Waals surface area (Å²) in [6, 6.07) is 12.7.